The Morgan fingerprint density at radius 2 is 0.903 bits per heavy atom. The van der Waals surface area contributed by atoms with Gasteiger partial charge < -0.3 is 15.4 Å². The third-order valence-electron chi connectivity index (χ3n) is 4.35. The molecule has 2 N–H and O–H groups in total. The summed E-state index contributed by atoms with van der Waals surface area (Å²) in [6.45, 7) is 0. The van der Waals surface area contributed by atoms with Crippen molar-refractivity contribution in [2.45, 2.75) is 0 Å². The van der Waals surface area contributed by atoms with E-state index >= 15 is 0 Å². The summed E-state index contributed by atoms with van der Waals surface area (Å²) in [4.78, 5) is 32.4. The maximum atomic E-state index is 12.3. The van der Waals surface area contributed by atoms with Crippen LogP contribution in [-0.4, -0.2) is 21.8 Å². The number of nitrogens with zero attached hydrogens (tertiary/aromatic N) is 2. The number of pyridine rings is 2. The van der Waals surface area contributed by atoms with E-state index in [2.05, 4.69) is 20.6 Å². The Morgan fingerprint density at radius 3 is 1.26 bits per heavy atom. The van der Waals surface area contributed by atoms with Crippen molar-refractivity contribution in [2.24, 2.45) is 0 Å². The minimum Gasteiger partial charge on any atom is -0.457 e. The van der Waals surface area contributed by atoms with Crippen molar-refractivity contribution in [3.63, 3.8) is 0 Å². The molecule has 0 unspecified atom stereocenters. The van der Waals surface area contributed by atoms with E-state index in [9.17, 15) is 9.59 Å². The van der Waals surface area contributed by atoms with Gasteiger partial charge in [0.1, 0.15) is 11.5 Å². The summed E-state index contributed by atoms with van der Waals surface area (Å²) >= 11 is 0. The molecule has 0 aliphatic heterocycles. The monoisotopic (exact) mass is 410 g/mol. The molecule has 2 amide bonds. The molecule has 4 aromatic rings. The standard InChI is InChI=1S/C24H18N4O3/c29-23(27-19-9-13-25-14-10-19)17-1-5-21(6-2-17)31-22-7-3-18(4-8-22)24(30)28-20-11-15-26-16-12-20/h1-16H,(H,25,27,29)(H,26,28,30). The smallest absolute Gasteiger partial charge is 0.255 e. The first-order valence-corrected chi connectivity index (χ1v) is 9.48. The summed E-state index contributed by atoms with van der Waals surface area (Å²) in [5.41, 5.74) is 2.36. The number of benzene rings is 2. The fourth-order valence-corrected chi connectivity index (χ4v) is 2.76. The molecule has 2 aromatic carbocycles. The van der Waals surface area contributed by atoms with Crippen LogP contribution >= 0.6 is 0 Å². The molecule has 0 bridgehead atoms. The van der Waals surface area contributed by atoms with Crippen LogP contribution in [0.25, 0.3) is 0 Å². The lowest BCUT2D eigenvalue weighted by Crippen LogP contribution is -2.11. The van der Waals surface area contributed by atoms with Crippen molar-refractivity contribution >= 4 is 23.2 Å². The fraction of sp³-hybridized carbons (Fsp3) is 0. The maximum absolute atomic E-state index is 12.3. The lowest BCUT2D eigenvalue weighted by Gasteiger charge is -2.09. The van der Waals surface area contributed by atoms with Crippen LogP contribution in [0.1, 0.15) is 20.7 Å². The minimum absolute atomic E-state index is 0.220. The fourth-order valence-electron chi connectivity index (χ4n) is 2.76. The van der Waals surface area contributed by atoms with Crippen LogP contribution in [-0.2, 0) is 0 Å². The van der Waals surface area contributed by atoms with E-state index in [0.717, 1.165) is 0 Å². The number of hydrogen-bond donors (Lipinski definition) is 2. The van der Waals surface area contributed by atoms with Crippen LogP contribution in [0.4, 0.5) is 11.4 Å². The third-order valence-corrected chi connectivity index (χ3v) is 4.35. The Bertz CT molecular complexity index is 1070. The zero-order valence-electron chi connectivity index (χ0n) is 16.4. The van der Waals surface area contributed by atoms with Gasteiger partial charge in [-0.2, -0.15) is 0 Å². The van der Waals surface area contributed by atoms with Gasteiger partial charge in [0.2, 0.25) is 0 Å². The van der Waals surface area contributed by atoms with Gasteiger partial charge in [-0.3, -0.25) is 19.6 Å². The van der Waals surface area contributed by atoms with Crippen LogP contribution < -0.4 is 15.4 Å². The molecule has 0 aliphatic carbocycles. The normalized spacial score (nSPS) is 10.2. The van der Waals surface area contributed by atoms with Gasteiger partial charge in [0.25, 0.3) is 11.8 Å². The van der Waals surface area contributed by atoms with E-state index < -0.39 is 0 Å². The number of carbonyl (C=O) groups is 2. The Balaban J connectivity index is 1.36. The van der Waals surface area contributed by atoms with Gasteiger partial charge in [-0.05, 0) is 72.8 Å². The first kappa shape index (κ1) is 19.8. The summed E-state index contributed by atoms with van der Waals surface area (Å²) in [5.74, 6) is 0.716. The van der Waals surface area contributed by atoms with Gasteiger partial charge in [0, 0.05) is 47.3 Å². The second-order valence-electron chi connectivity index (χ2n) is 6.53. The molecule has 152 valence electrons. The molecule has 0 saturated carbocycles. The first-order chi connectivity index (χ1) is 15.2. The van der Waals surface area contributed by atoms with Crippen LogP contribution in [0.2, 0.25) is 0 Å². The maximum Gasteiger partial charge on any atom is 0.255 e. The largest absolute Gasteiger partial charge is 0.457 e. The molecule has 4 rings (SSSR count). The van der Waals surface area contributed by atoms with E-state index in [-0.39, 0.29) is 11.8 Å². The molecule has 0 aliphatic rings. The van der Waals surface area contributed by atoms with Crippen molar-refractivity contribution in [2.75, 3.05) is 10.6 Å². The molecule has 0 saturated heterocycles. The molecular weight excluding hydrogens is 392 g/mol. The second-order valence-corrected chi connectivity index (χ2v) is 6.53. The molecule has 0 spiro atoms. The molecule has 7 heteroatoms. The number of carbonyl (C=O) groups excluding carboxylic acids is 2. The molecular formula is C24H18N4O3. The Hall–Kier alpha value is -4.52. The van der Waals surface area contributed by atoms with Gasteiger partial charge in [0.15, 0.2) is 0 Å². The summed E-state index contributed by atoms with van der Waals surface area (Å²) < 4.78 is 5.80. The summed E-state index contributed by atoms with van der Waals surface area (Å²) in [7, 11) is 0. The number of amides is 2. The molecule has 0 fully saturated rings. The molecule has 2 aromatic heterocycles. The third kappa shape index (κ3) is 5.30. The first-order valence-electron chi connectivity index (χ1n) is 9.48. The molecule has 7 nitrogen and oxygen atoms in total. The molecule has 0 atom stereocenters. The number of ether oxygens (including phenoxy) is 1. The second kappa shape index (κ2) is 9.32. The number of rotatable bonds is 6. The quantitative estimate of drug-likeness (QED) is 0.477. The van der Waals surface area contributed by atoms with E-state index in [0.29, 0.717) is 34.0 Å². The number of hydrogen-bond acceptors (Lipinski definition) is 5. The summed E-state index contributed by atoms with van der Waals surface area (Å²) in [6.07, 6.45) is 6.45. The van der Waals surface area contributed by atoms with Crippen LogP contribution in [0, 0.1) is 0 Å². The highest BCUT2D eigenvalue weighted by molar-refractivity contribution is 6.04. The average molecular weight is 410 g/mol. The Kier molecular flexibility index (Phi) is 5.95. The van der Waals surface area contributed by atoms with Crippen molar-refractivity contribution < 1.29 is 14.3 Å². The van der Waals surface area contributed by atoms with E-state index in [4.69, 9.17) is 4.74 Å². The van der Waals surface area contributed by atoms with Crippen molar-refractivity contribution in [1.82, 2.24) is 9.97 Å². The van der Waals surface area contributed by atoms with E-state index in [1.165, 1.54) is 0 Å². The van der Waals surface area contributed by atoms with Gasteiger partial charge in [-0.15, -0.1) is 0 Å². The number of aromatic nitrogens is 2. The highest BCUT2D eigenvalue weighted by Gasteiger charge is 2.08. The van der Waals surface area contributed by atoms with Crippen LogP contribution in [0.3, 0.4) is 0 Å². The SMILES string of the molecule is O=C(Nc1ccncc1)c1ccc(Oc2ccc(C(=O)Nc3ccncc3)cc2)cc1. The Labute approximate surface area is 178 Å². The number of nitrogens with one attached hydrogen (secondary N) is 2. The van der Waals surface area contributed by atoms with Crippen LogP contribution in [0.5, 0.6) is 11.5 Å². The van der Waals surface area contributed by atoms with Gasteiger partial charge in [-0.1, -0.05) is 0 Å². The molecule has 0 radical (unpaired) electrons. The minimum atomic E-state index is -0.220. The Morgan fingerprint density at radius 1 is 0.548 bits per heavy atom. The summed E-state index contributed by atoms with van der Waals surface area (Å²) in [6, 6.07) is 20.5. The van der Waals surface area contributed by atoms with E-state index in [1.807, 2.05) is 0 Å². The highest BCUT2D eigenvalue weighted by Crippen LogP contribution is 2.23. The van der Waals surface area contributed by atoms with Gasteiger partial charge in [0.05, 0.1) is 0 Å². The van der Waals surface area contributed by atoms with Gasteiger partial charge >= 0.3 is 0 Å². The van der Waals surface area contributed by atoms with E-state index in [1.54, 1.807) is 97.6 Å². The summed E-state index contributed by atoms with van der Waals surface area (Å²) in [5, 5.41) is 5.60. The zero-order valence-corrected chi connectivity index (χ0v) is 16.4. The van der Waals surface area contributed by atoms with Crippen molar-refractivity contribution in [1.29, 1.82) is 0 Å². The number of anilines is 2. The van der Waals surface area contributed by atoms with Crippen LogP contribution in [0.15, 0.2) is 97.6 Å². The molecule has 31 heavy (non-hydrogen) atoms. The topological polar surface area (TPSA) is 93.2 Å². The van der Waals surface area contributed by atoms with Crippen molar-refractivity contribution in [3.8, 4) is 11.5 Å². The molecule has 2 heterocycles. The predicted molar refractivity (Wildman–Crippen MR) is 117 cm³/mol. The lowest BCUT2D eigenvalue weighted by atomic mass is 10.2. The van der Waals surface area contributed by atoms with Gasteiger partial charge in [-0.25, -0.2) is 0 Å². The average Bonchev–Trinajstić information content (AvgIpc) is 2.81. The lowest BCUT2D eigenvalue weighted by molar-refractivity contribution is 0.101. The van der Waals surface area contributed by atoms with Crippen molar-refractivity contribution in [3.05, 3.63) is 109 Å². The zero-order chi connectivity index (χ0) is 21.5. The predicted octanol–water partition coefficient (Wildman–Crippen LogP) is 4.77. The highest BCUT2D eigenvalue weighted by atomic mass is 16.5.